The zero-order valence-electron chi connectivity index (χ0n) is 14.7. The molecule has 0 spiro atoms. The highest BCUT2D eigenvalue weighted by Gasteiger charge is 2.28. The Morgan fingerprint density at radius 3 is 2.68 bits per heavy atom. The summed E-state index contributed by atoms with van der Waals surface area (Å²) in [4.78, 5) is 14.6. The molecule has 8 nitrogen and oxygen atoms in total. The van der Waals surface area contributed by atoms with Crippen molar-refractivity contribution in [2.45, 2.75) is 30.7 Å². The van der Waals surface area contributed by atoms with E-state index in [1.807, 2.05) is 7.05 Å². The third-order valence-electron chi connectivity index (χ3n) is 4.57. The first-order valence-electron chi connectivity index (χ1n) is 8.12. The highest BCUT2D eigenvalue weighted by molar-refractivity contribution is 7.91. The van der Waals surface area contributed by atoms with Crippen molar-refractivity contribution in [1.29, 1.82) is 0 Å². The predicted octanol–water partition coefficient (Wildman–Crippen LogP) is 0.997. The maximum atomic E-state index is 12.6. The van der Waals surface area contributed by atoms with Gasteiger partial charge in [0.15, 0.2) is 9.84 Å². The molecule has 1 atom stereocenters. The van der Waals surface area contributed by atoms with Gasteiger partial charge in [-0.3, -0.25) is 10.0 Å². The van der Waals surface area contributed by atoms with Crippen LogP contribution in [0.2, 0.25) is 0 Å². The van der Waals surface area contributed by atoms with Crippen molar-refractivity contribution >= 4 is 21.4 Å². The van der Waals surface area contributed by atoms with Gasteiger partial charge in [0, 0.05) is 12.1 Å². The Hall–Kier alpha value is -1.84. The van der Waals surface area contributed by atoms with Gasteiger partial charge >= 0.3 is 0 Å². The second kappa shape index (κ2) is 7.59. The molecule has 0 aromatic heterocycles. The molecule has 0 radical (unpaired) electrons. The standard InChI is InChI=1S/C16H25N3O5S/c1-4-25(22,23)15-8-12(14(24-3)9-13(15)17)16(20)19(21)10-11-6-5-7-18(11)2/h8-9,11,21H,4-7,10,17H2,1-3H3. The lowest BCUT2D eigenvalue weighted by Crippen LogP contribution is -2.40. The summed E-state index contributed by atoms with van der Waals surface area (Å²) in [5.74, 6) is -0.742. The van der Waals surface area contributed by atoms with E-state index in [0.717, 1.165) is 19.4 Å². The molecule has 1 aliphatic rings. The van der Waals surface area contributed by atoms with Crippen LogP contribution in [0.25, 0.3) is 0 Å². The molecular weight excluding hydrogens is 346 g/mol. The van der Waals surface area contributed by atoms with Crippen LogP contribution < -0.4 is 10.5 Å². The maximum Gasteiger partial charge on any atom is 0.281 e. The van der Waals surface area contributed by atoms with Crippen molar-refractivity contribution in [2.24, 2.45) is 0 Å². The van der Waals surface area contributed by atoms with Gasteiger partial charge in [0.1, 0.15) is 5.75 Å². The van der Waals surface area contributed by atoms with Gasteiger partial charge in [0.05, 0.1) is 35.6 Å². The summed E-state index contributed by atoms with van der Waals surface area (Å²) in [6.07, 6.45) is 1.89. The SMILES string of the molecule is CCS(=O)(=O)c1cc(C(=O)N(O)CC2CCCN2C)c(OC)cc1N. The molecule has 1 unspecified atom stereocenters. The largest absolute Gasteiger partial charge is 0.496 e. The molecule has 140 valence electrons. The molecule has 2 rings (SSSR count). The van der Waals surface area contributed by atoms with Crippen LogP contribution in [0, 0.1) is 0 Å². The van der Waals surface area contributed by atoms with E-state index in [9.17, 15) is 18.4 Å². The number of nitrogens with zero attached hydrogens (tertiary/aromatic N) is 2. The summed E-state index contributed by atoms with van der Waals surface area (Å²) < 4.78 is 29.5. The lowest BCUT2D eigenvalue weighted by molar-refractivity contribution is -0.0683. The number of likely N-dealkylation sites (tertiary alicyclic amines) is 1. The number of amides is 1. The first-order chi connectivity index (χ1) is 11.7. The van der Waals surface area contributed by atoms with E-state index in [2.05, 4.69) is 4.90 Å². The van der Waals surface area contributed by atoms with Crippen LogP contribution in [0.1, 0.15) is 30.1 Å². The average molecular weight is 371 g/mol. The van der Waals surface area contributed by atoms with Gasteiger partial charge < -0.3 is 15.4 Å². The van der Waals surface area contributed by atoms with Crippen molar-refractivity contribution < 1.29 is 23.2 Å². The van der Waals surface area contributed by atoms with Crippen LogP contribution in [0.3, 0.4) is 0 Å². The minimum absolute atomic E-state index is 0.00951. The zero-order chi connectivity index (χ0) is 18.8. The Bertz CT molecular complexity index is 750. The first kappa shape index (κ1) is 19.5. The highest BCUT2D eigenvalue weighted by atomic mass is 32.2. The van der Waals surface area contributed by atoms with E-state index in [4.69, 9.17) is 10.5 Å². The molecule has 0 aliphatic carbocycles. The van der Waals surface area contributed by atoms with E-state index >= 15 is 0 Å². The Morgan fingerprint density at radius 2 is 2.16 bits per heavy atom. The van der Waals surface area contributed by atoms with E-state index in [-0.39, 0.29) is 40.2 Å². The molecule has 9 heteroatoms. The Kier molecular flexibility index (Phi) is 5.91. The molecule has 1 aromatic rings. The molecular formula is C16H25N3O5S. The van der Waals surface area contributed by atoms with E-state index in [1.54, 1.807) is 0 Å². The summed E-state index contributed by atoms with van der Waals surface area (Å²) in [6.45, 7) is 2.55. The third kappa shape index (κ3) is 4.05. The van der Waals surface area contributed by atoms with E-state index in [0.29, 0.717) is 5.06 Å². The van der Waals surface area contributed by atoms with Gasteiger partial charge in [-0.1, -0.05) is 6.92 Å². The number of carbonyl (C=O) groups excluding carboxylic acids is 1. The second-order valence-electron chi connectivity index (χ2n) is 6.16. The maximum absolute atomic E-state index is 12.6. The van der Waals surface area contributed by atoms with Gasteiger partial charge in [0.2, 0.25) is 0 Å². The number of nitrogen functional groups attached to an aromatic ring is 1. The monoisotopic (exact) mass is 371 g/mol. The van der Waals surface area contributed by atoms with Crippen molar-refractivity contribution in [3.05, 3.63) is 17.7 Å². The van der Waals surface area contributed by atoms with Crippen LogP contribution in [0.5, 0.6) is 5.75 Å². The van der Waals surface area contributed by atoms with Crippen LogP contribution in [0.4, 0.5) is 5.69 Å². The number of methoxy groups -OCH3 is 1. The Labute approximate surface area is 148 Å². The molecule has 1 aliphatic heterocycles. The Balaban J connectivity index is 2.35. The molecule has 1 saturated heterocycles. The fourth-order valence-corrected chi connectivity index (χ4v) is 3.99. The van der Waals surface area contributed by atoms with E-state index in [1.165, 1.54) is 26.2 Å². The van der Waals surface area contributed by atoms with Gasteiger partial charge in [0.25, 0.3) is 5.91 Å². The van der Waals surface area contributed by atoms with Gasteiger partial charge in [-0.15, -0.1) is 0 Å². The molecule has 25 heavy (non-hydrogen) atoms. The summed E-state index contributed by atoms with van der Waals surface area (Å²) in [5.41, 5.74) is 5.77. The van der Waals surface area contributed by atoms with Crippen molar-refractivity contribution in [3.63, 3.8) is 0 Å². The smallest absolute Gasteiger partial charge is 0.281 e. The topological polar surface area (TPSA) is 113 Å². The van der Waals surface area contributed by atoms with Crippen LogP contribution in [-0.4, -0.2) is 68.5 Å². The number of sulfone groups is 1. The first-order valence-corrected chi connectivity index (χ1v) is 9.77. The van der Waals surface area contributed by atoms with Gasteiger partial charge in [-0.25, -0.2) is 13.5 Å². The lowest BCUT2D eigenvalue weighted by atomic mass is 10.1. The lowest BCUT2D eigenvalue weighted by Gasteiger charge is -2.25. The number of benzene rings is 1. The Morgan fingerprint density at radius 1 is 1.48 bits per heavy atom. The second-order valence-corrected chi connectivity index (χ2v) is 8.40. The normalized spacial score (nSPS) is 18.3. The molecule has 1 aromatic carbocycles. The summed E-state index contributed by atoms with van der Waals surface area (Å²) in [5, 5.41) is 10.8. The molecule has 0 bridgehead atoms. The molecule has 3 N–H and O–H groups in total. The predicted molar refractivity (Wildman–Crippen MR) is 93.6 cm³/mol. The number of rotatable bonds is 6. The molecule has 1 fully saturated rings. The van der Waals surface area contributed by atoms with Crippen LogP contribution in [0.15, 0.2) is 17.0 Å². The summed E-state index contributed by atoms with van der Waals surface area (Å²) in [6, 6.07) is 2.54. The fraction of sp³-hybridized carbons (Fsp3) is 0.562. The van der Waals surface area contributed by atoms with E-state index < -0.39 is 15.7 Å². The van der Waals surface area contributed by atoms with Crippen LogP contribution in [-0.2, 0) is 9.84 Å². The molecule has 0 saturated carbocycles. The number of likely N-dealkylation sites (N-methyl/N-ethyl adjacent to an activating group) is 1. The third-order valence-corrected chi connectivity index (χ3v) is 6.35. The van der Waals surface area contributed by atoms with Crippen LogP contribution >= 0.6 is 0 Å². The van der Waals surface area contributed by atoms with Gasteiger partial charge in [-0.2, -0.15) is 0 Å². The number of hydrogen-bond donors (Lipinski definition) is 2. The minimum Gasteiger partial charge on any atom is -0.496 e. The highest BCUT2D eigenvalue weighted by Crippen LogP contribution is 2.30. The fourth-order valence-electron chi connectivity index (χ4n) is 2.97. The number of hydrogen-bond acceptors (Lipinski definition) is 7. The molecule has 1 amide bonds. The van der Waals surface area contributed by atoms with Gasteiger partial charge in [-0.05, 0) is 32.5 Å². The zero-order valence-corrected chi connectivity index (χ0v) is 15.5. The summed E-state index contributed by atoms with van der Waals surface area (Å²) >= 11 is 0. The minimum atomic E-state index is -3.61. The number of ether oxygens (including phenoxy) is 1. The number of nitrogens with two attached hydrogens (primary N) is 1. The quantitative estimate of drug-likeness (QED) is 0.436. The van der Waals surface area contributed by atoms with Crippen molar-refractivity contribution in [1.82, 2.24) is 9.96 Å². The summed E-state index contributed by atoms with van der Waals surface area (Å²) in [7, 11) is -0.318. The number of hydroxylamine groups is 2. The average Bonchev–Trinajstić information content (AvgIpc) is 2.98. The van der Waals surface area contributed by atoms with Crippen molar-refractivity contribution in [2.75, 3.05) is 38.7 Å². The molecule has 1 heterocycles. The van der Waals surface area contributed by atoms with Crippen molar-refractivity contribution in [3.8, 4) is 5.75 Å². The number of anilines is 1. The number of carbonyl (C=O) groups is 1.